The first-order valence-electron chi connectivity index (χ1n) is 7.45. The molecule has 1 heterocycles. The van der Waals surface area contributed by atoms with Crippen LogP contribution in [0, 0.1) is 5.92 Å². The maximum absolute atomic E-state index is 6.35. The predicted molar refractivity (Wildman–Crippen MR) is 73.1 cm³/mol. The van der Waals surface area contributed by atoms with E-state index >= 15 is 0 Å². The van der Waals surface area contributed by atoms with Crippen LogP contribution in [-0.4, -0.2) is 15.0 Å². The van der Waals surface area contributed by atoms with E-state index in [2.05, 4.69) is 17.2 Å². The third-order valence-corrected chi connectivity index (χ3v) is 4.02. The molecule has 1 saturated carbocycles. The molecule has 1 aliphatic rings. The summed E-state index contributed by atoms with van der Waals surface area (Å²) in [7, 11) is 0. The highest BCUT2D eigenvalue weighted by atomic mass is 15.4. The SMILES string of the molecule is CCCn1nncc1C(N)CC1CCCCCC1. The molecule has 102 valence electrons. The molecule has 1 atom stereocenters. The van der Waals surface area contributed by atoms with Crippen LogP contribution in [0.5, 0.6) is 0 Å². The lowest BCUT2D eigenvalue weighted by molar-refractivity contribution is 0.380. The summed E-state index contributed by atoms with van der Waals surface area (Å²) in [6.45, 7) is 3.08. The molecule has 18 heavy (non-hydrogen) atoms. The van der Waals surface area contributed by atoms with Gasteiger partial charge in [-0.15, -0.1) is 5.10 Å². The van der Waals surface area contributed by atoms with Gasteiger partial charge in [-0.2, -0.15) is 0 Å². The smallest absolute Gasteiger partial charge is 0.0754 e. The Morgan fingerprint density at radius 3 is 2.72 bits per heavy atom. The summed E-state index contributed by atoms with van der Waals surface area (Å²) in [4.78, 5) is 0. The molecule has 1 fully saturated rings. The lowest BCUT2D eigenvalue weighted by Crippen LogP contribution is -2.19. The van der Waals surface area contributed by atoms with Gasteiger partial charge in [-0.1, -0.05) is 50.7 Å². The second kappa shape index (κ2) is 6.88. The average Bonchev–Trinajstić information content (AvgIpc) is 2.67. The third kappa shape index (κ3) is 3.55. The maximum Gasteiger partial charge on any atom is 0.0754 e. The number of nitrogens with zero attached hydrogens (tertiary/aromatic N) is 3. The molecule has 0 amide bonds. The van der Waals surface area contributed by atoms with E-state index in [-0.39, 0.29) is 6.04 Å². The van der Waals surface area contributed by atoms with Crippen LogP contribution in [0.25, 0.3) is 0 Å². The molecule has 2 N–H and O–H groups in total. The Balaban J connectivity index is 1.93. The Labute approximate surface area is 110 Å². The minimum Gasteiger partial charge on any atom is -0.323 e. The molecule has 1 aromatic rings. The topological polar surface area (TPSA) is 56.7 Å². The second-order valence-corrected chi connectivity index (χ2v) is 5.58. The lowest BCUT2D eigenvalue weighted by atomic mass is 9.92. The van der Waals surface area contributed by atoms with Crippen LogP contribution in [-0.2, 0) is 6.54 Å². The number of hydrogen-bond acceptors (Lipinski definition) is 3. The molecular weight excluding hydrogens is 224 g/mol. The molecule has 4 heteroatoms. The van der Waals surface area contributed by atoms with Gasteiger partial charge in [-0.3, -0.25) is 0 Å². The fraction of sp³-hybridized carbons (Fsp3) is 0.857. The van der Waals surface area contributed by atoms with Gasteiger partial charge in [-0.05, 0) is 18.8 Å². The molecule has 0 aliphatic heterocycles. The van der Waals surface area contributed by atoms with Gasteiger partial charge in [0.05, 0.1) is 11.9 Å². The van der Waals surface area contributed by atoms with E-state index in [0.717, 1.165) is 31.0 Å². The van der Waals surface area contributed by atoms with E-state index in [9.17, 15) is 0 Å². The fourth-order valence-electron chi connectivity index (χ4n) is 3.02. The quantitative estimate of drug-likeness (QED) is 0.817. The first kappa shape index (κ1) is 13.5. The van der Waals surface area contributed by atoms with Crippen LogP contribution in [0.4, 0.5) is 0 Å². The number of nitrogens with two attached hydrogens (primary N) is 1. The third-order valence-electron chi connectivity index (χ3n) is 4.02. The lowest BCUT2D eigenvalue weighted by Gasteiger charge is -2.19. The van der Waals surface area contributed by atoms with Gasteiger partial charge in [0.25, 0.3) is 0 Å². The molecular formula is C14H26N4. The Morgan fingerprint density at radius 1 is 1.33 bits per heavy atom. The Bertz CT molecular complexity index is 339. The maximum atomic E-state index is 6.35. The highest BCUT2D eigenvalue weighted by Crippen LogP contribution is 2.29. The van der Waals surface area contributed by atoms with Gasteiger partial charge in [0.1, 0.15) is 0 Å². The van der Waals surface area contributed by atoms with Crippen LogP contribution in [0.15, 0.2) is 6.20 Å². The van der Waals surface area contributed by atoms with Gasteiger partial charge in [0, 0.05) is 12.6 Å². The molecule has 1 aromatic heterocycles. The monoisotopic (exact) mass is 250 g/mol. The van der Waals surface area contributed by atoms with Gasteiger partial charge in [0.15, 0.2) is 0 Å². The molecule has 0 bridgehead atoms. The van der Waals surface area contributed by atoms with E-state index < -0.39 is 0 Å². The molecule has 4 nitrogen and oxygen atoms in total. The molecule has 0 spiro atoms. The van der Waals surface area contributed by atoms with Crippen LogP contribution < -0.4 is 5.73 Å². The van der Waals surface area contributed by atoms with Crippen molar-refractivity contribution in [1.29, 1.82) is 0 Å². The highest BCUT2D eigenvalue weighted by molar-refractivity contribution is 5.01. The van der Waals surface area contributed by atoms with Crippen LogP contribution in [0.2, 0.25) is 0 Å². The Hall–Kier alpha value is -0.900. The molecule has 1 unspecified atom stereocenters. The van der Waals surface area contributed by atoms with Crippen LogP contribution in [0.1, 0.15) is 70.0 Å². The number of aryl methyl sites for hydroxylation is 1. The standard InChI is InChI=1S/C14H26N4/c1-2-9-18-14(11-16-17-18)13(15)10-12-7-5-3-4-6-8-12/h11-13H,2-10,15H2,1H3. The van der Waals surface area contributed by atoms with Crippen molar-refractivity contribution in [2.24, 2.45) is 11.7 Å². The zero-order chi connectivity index (χ0) is 12.8. The number of aromatic nitrogens is 3. The second-order valence-electron chi connectivity index (χ2n) is 5.58. The van der Waals surface area contributed by atoms with Crippen molar-refractivity contribution < 1.29 is 0 Å². The van der Waals surface area contributed by atoms with E-state index in [1.165, 1.54) is 38.5 Å². The van der Waals surface area contributed by atoms with Gasteiger partial charge < -0.3 is 5.73 Å². The molecule has 0 aromatic carbocycles. The summed E-state index contributed by atoms with van der Waals surface area (Å²) >= 11 is 0. The van der Waals surface area contributed by atoms with Gasteiger partial charge >= 0.3 is 0 Å². The van der Waals surface area contributed by atoms with Gasteiger partial charge in [0.2, 0.25) is 0 Å². The molecule has 2 rings (SSSR count). The molecule has 1 aliphatic carbocycles. The fourth-order valence-corrected chi connectivity index (χ4v) is 3.02. The van der Waals surface area contributed by atoms with Crippen molar-refractivity contribution in [3.63, 3.8) is 0 Å². The summed E-state index contributed by atoms with van der Waals surface area (Å²) in [5.41, 5.74) is 7.46. The predicted octanol–water partition coefficient (Wildman–Crippen LogP) is 3.05. The van der Waals surface area contributed by atoms with Crippen molar-refractivity contribution in [3.05, 3.63) is 11.9 Å². The van der Waals surface area contributed by atoms with Crippen molar-refractivity contribution >= 4 is 0 Å². The van der Waals surface area contributed by atoms with E-state index in [4.69, 9.17) is 5.73 Å². The first-order valence-corrected chi connectivity index (χ1v) is 7.45. The van der Waals surface area contributed by atoms with Crippen LogP contribution >= 0.6 is 0 Å². The van der Waals surface area contributed by atoms with Crippen molar-refractivity contribution in [1.82, 2.24) is 15.0 Å². The average molecular weight is 250 g/mol. The van der Waals surface area contributed by atoms with E-state index in [0.29, 0.717) is 0 Å². The normalized spacial score (nSPS) is 19.7. The Kier molecular flexibility index (Phi) is 5.17. The minimum absolute atomic E-state index is 0.106. The summed E-state index contributed by atoms with van der Waals surface area (Å²) in [6.07, 6.45) is 12.3. The largest absolute Gasteiger partial charge is 0.323 e. The number of rotatable bonds is 5. The first-order chi connectivity index (χ1) is 8.81. The van der Waals surface area contributed by atoms with Gasteiger partial charge in [-0.25, -0.2) is 4.68 Å². The summed E-state index contributed by atoms with van der Waals surface area (Å²) in [5, 5.41) is 8.13. The van der Waals surface area contributed by atoms with E-state index in [1.807, 2.05) is 10.9 Å². The summed E-state index contributed by atoms with van der Waals surface area (Å²) in [6, 6.07) is 0.106. The number of hydrogen-bond donors (Lipinski definition) is 1. The highest BCUT2D eigenvalue weighted by Gasteiger charge is 2.19. The zero-order valence-corrected chi connectivity index (χ0v) is 11.5. The van der Waals surface area contributed by atoms with Crippen molar-refractivity contribution in [2.75, 3.05) is 0 Å². The molecule has 0 saturated heterocycles. The molecule has 0 radical (unpaired) electrons. The van der Waals surface area contributed by atoms with Crippen LogP contribution in [0.3, 0.4) is 0 Å². The van der Waals surface area contributed by atoms with E-state index in [1.54, 1.807) is 0 Å². The summed E-state index contributed by atoms with van der Waals surface area (Å²) in [5.74, 6) is 0.799. The van der Waals surface area contributed by atoms with Crippen molar-refractivity contribution in [3.8, 4) is 0 Å². The zero-order valence-electron chi connectivity index (χ0n) is 11.5. The van der Waals surface area contributed by atoms with Crippen molar-refractivity contribution in [2.45, 2.75) is 70.9 Å². The Morgan fingerprint density at radius 2 is 2.06 bits per heavy atom. The summed E-state index contributed by atoms with van der Waals surface area (Å²) < 4.78 is 1.97. The minimum atomic E-state index is 0.106.